The van der Waals surface area contributed by atoms with E-state index in [0.717, 1.165) is 11.1 Å². The maximum absolute atomic E-state index is 10.3. The van der Waals surface area contributed by atoms with Crippen molar-refractivity contribution in [3.05, 3.63) is 69.2 Å². The van der Waals surface area contributed by atoms with Gasteiger partial charge in [-0.2, -0.15) is 0 Å². The minimum Gasteiger partial charge on any atom is -0.384 e. The zero-order valence-corrected chi connectivity index (χ0v) is 12.4. The summed E-state index contributed by atoms with van der Waals surface area (Å²) in [7, 11) is 0. The molecule has 100 valence electrons. The monoisotopic (exact) mass is 294 g/mol. The van der Waals surface area contributed by atoms with Gasteiger partial charge in [0, 0.05) is 0 Å². The molecule has 0 unspecified atom stereocenters. The third kappa shape index (κ3) is 3.30. The van der Waals surface area contributed by atoms with Crippen LogP contribution in [0.1, 0.15) is 42.6 Å². The van der Waals surface area contributed by atoms with E-state index in [1.165, 1.54) is 5.56 Å². The molecule has 19 heavy (non-hydrogen) atoms. The van der Waals surface area contributed by atoms with Crippen LogP contribution < -0.4 is 0 Å². The second kappa shape index (κ2) is 5.96. The molecule has 2 aromatic carbocycles. The Balaban J connectivity index is 2.27. The molecule has 0 saturated heterocycles. The zero-order chi connectivity index (χ0) is 14.0. The van der Waals surface area contributed by atoms with Crippen LogP contribution in [-0.2, 0) is 0 Å². The topological polar surface area (TPSA) is 20.2 Å². The van der Waals surface area contributed by atoms with Gasteiger partial charge in [0.15, 0.2) is 0 Å². The summed E-state index contributed by atoms with van der Waals surface area (Å²) in [6.07, 6.45) is -0.684. The van der Waals surface area contributed by atoms with Gasteiger partial charge in [0.2, 0.25) is 0 Å². The molecule has 3 heteroatoms. The minimum atomic E-state index is -0.684. The Labute approximate surface area is 123 Å². The van der Waals surface area contributed by atoms with Gasteiger partial charge in [-0.1, -0.05) is 67.4 Å². The van der Waals surface area contributed by atoms with Crippen LogP contribution in [0.4, 0.5) is 0 Å². The molecular weight excluding hydrogens is 279 g/mol. The number of benzene rings is 2. The van der Waals surface area contributed by atoms with E-state index in [1.54, 1.807) is 18.2 Å². The van der Waals surface area contributed by atoms with Gasteiger partial charge in [-0.05, 0) is 34.7 Å². The SMILES string of the molecule is CC(C)c1ccc([C@H](O)c2ccc(Cl)c(Cl)c2)cc1. The van der Waals surface area contributed by atoms with Gasteiger partial charge >= 0.3 is 0 Å². The van der Waals surface area contributed by atoms with Gasteiger partial charge in [0.1, 0.15) is 6.10 Å². The molecule has 0 aliphatic carbocycles. The van der Waals surface area contributed by atoms with Crippen molar-refractivity contribution in [1.82, 2.24) is 0 Å². The quantitative estimate of drug-likeness (QED) is 0.825. The number of hydrogen-bond donors (Lipinski definition) is 1. The molecule has 1 nitrogen and oxygen atoms in total. The van der Waals surface area contributed by atoms with Crippen LogP contribution in [-0.4, -0.2) is 5.11 Å². The summed E-state index contributed by atoms with van der Waals surface area (Å²) in [5.74, 6) is 0.483. The summed E-state index contributed by atoms with van der Waals surface area (Å²) in [5.41, 5.74) is 2.85. The lowest BCUT2D eigenvalue weighted by atomic mass is 9.97. The number of aliphatic hydroxyl groups excluding tert-OH is 1. The average molecular weight is 295 g/mol. The lowest BCUT2D eigenvalue weighted by molar-refractivity contribution is 0.220. The van der Waals surface area contributed by atoms with Crippen molar-refractivity contribution in [3.63, 3.8) is 0 Å². The highest BCUT2D eigenvalue weighted by Gasteiger charge is 2.12. The normalized spacial score (nSPS) is 12.7. The lowest BCUT2D eigenvalue weighted by Gasteiger charge is -2.13. The van der Waals surface area contributed by atoms with E-state index in [9.17, 15) is 5.11 Å². The van der Waals surface area contributed by atoms with Crippen molar-refractivity contribution in [1.29, 1.82) is 0 Å². The predicted octanol–water partition coefficient (Wildman–Crippen LogP) is 5.20. The first-order valence-corrected chi connectivity index (χ1v) is 6.97. The van der Waals surface area contributed by atoms with E-state index in [4.69, 9.17) is 23.2 Å². The first kappa shape index (κ1) is 14.4. The highest BCUT2D eigenvalue weighted by molar-refractivity contribution is 6.42. The zero-order valence-electron chi connectivity index (χ0n) is 10.9. The molecule has 1 atom stereocenters. The lowest BCUT2D eigenvalue weighted by Crippen LogP contribution is -2.00. The van der Waals surface area contributed by atoms with E-state index in [-0.39, 0.29) is 0 Å². The molecule has 0 aliphatic heterocycles. The summed E-state index contributed by atoms with van der Waals surface area (Å²) in [4.78, 5) is 0. The smallest absolute Gasteiger partial charge is 0.104 e. The summed E-state index contributed by atoms with van der Waals surface area (Å²) < 4.78 is 0. The van der Waals surface area contributed by atoms with Crippen molar-refractivity contribution in [2.75, 3.05) is 0 Å². The molecule has 0 aliphatic rings. The fourth-order valence-electron chi connectivity index (χ4n) is 1.94. The van der Waals surface area contributed by atoms with Crippen LogP contribution in [0, 0.1) is 0 Å². The fourth-order valence-corrected chi connectivity index (χ4v) is 2.24. The molecule has 2 rings (SSSR count). The third-order valence-electron chi connectivity index (χ3n) is 3.18. The van der Waals surface area contributed by atoms with E-state index in [2.05, 4.69) is 13.8 Å². The molecule has 0 saturated carbocycles. The van der Waals surface area contributed by atoms with Gasteiger partial charge in [0.25, 0.3) is 0 Å². The Morgan fingerprint density at radius 3 is 1.84 bits per heavy atom. The minimum absolute atomic E-state index is 0.456. The van der Waals surface area contributed by atoms with Crippen LogP contribution in [0.25, 0.3) is 0 Å². The summed E-state index contributed by atoms with van der Waals surface area (Å²) in [6, 6.07) is 13.2. The first-order valence-electron chi connectivity index (χ1n) is 6.22. The number of rotatable bonds is 3. The molecular formula is C16H16Cl2O. The maximum Gasteiger partial charge on any atom is 0.104 e. The Hall–Kier alpha value is -1.02. The number of hydrogen-bond acceptors (Lipinski definition) is 1. The van der Waals surface area contributed by atoms with Crippen molar-refractivity contribution in [3.8, 4) is 0 Å². The molecule has 0 heterocycles. The maximum atomic E-state index is 10.3. The predicted molar refractivity (Wildman–Crippen MR) is 81.1 cm³/mol. The Morgan fingerprint density at radius 1 is 0.789 bits per heavy atom. The van der Waals surface area contributed by atoms with Gasteiger partial charge in [0.05, 0.1) is 10.0 Å². The average Bonchev–Trinajstić information content (AvgIpc) is 2.41. The molecule has 1 N–H and O–H groups in total. The van der Waals surface area contributed by atoms with Gasteiger partial charge < -0.3 is 5.11 Å². The van der Waals surface area contributed by atoms with E-state index in [1.807, 2.05) is 24.3 Å². The van der Waals surface area contributed by atoms with Gasteiger partial charge in [-0.3, -0.25) is 0 Å². The van der Waals surface area contributed by atoms with Crippen LogP contribution in [0.3, 0.4) is 0 Å². The second-order valence-electron chi connectivity index (χ2n) is 4.90. The summed E-state index contributed by atoms with van der Waals surface area (Å²) in [6.45, 7) is 4.29. The molecule has 0 radical (unpaired) electrons. The molecule has 0 spiro atoms. The Bertz CT molecular complexity index is 561. The van der Waals surface area contributed by atoms with Gasteiger partial charge in [-0.15, -0.1) is 0 Å². The molecule has 0 bridgehead atoms. The van der Waals surface area contributed by atoms with E-state index >= 15 is 0 Å². The van der Waals surface area contributed by atoms with Crippen molar-refractivity contribution < 1.29 is 5.11 Å². The highest BCUT2D eigenvalue weighted by Crippen LogP contribution is 2.29. The van der Waals surface area contributed by atoms with Crippen molar-refractivity contribution in [2.24, 2.45) is 0 Å². The van der Waals surface area contributed by atoms with Gasteiger partial charge in [-0.25, -0.2) is 0 Å². The van der Waals surface area contributed by atoms with Crippen molar-refractivity contribution in [2.45, 2.75) is 25.9 Å². The Kier molecular flexibility index (Phi) is 4.51. The first-order chi connectivity index (χ1) is 8.99. The van der Waals surface area contributed by atoms with Crippen LogP contribution in [0.2, 0.25) is 10.0 Å². The Morgan fingerprint density at radius 2 is 1.32 bits per heavy atom. The van der Waals surface area contributed by atoms with E-state index < -0.39 is 6.10 Å². The molecule has 0 fully saturated rings. The summed E-state index contributed by atoms with van der Waals surface area (Å²) >= 11 is 11.8. The number of halogens is 2. The van der Waals surface area contributed by atoms with Crippen LogP contribution >= 0.6 is 23.2 Å². The molecule has 0 aromatic heterocycles. The van der Waals surface area contributed by atoms with Crippen LogP contribution in [0.15, 0.2) is 42.5 Å². The van der Waals surface area contributed by atoms with E-state index in [0.29, 0.717) is 16.0 Å². The second-order valence-corrected chi connectivity index (χ2v) is 5.71. The molecule has 0 amide bonds. The highest BCUT2D eigenvalue weighted by atomic mass is 35.5. The number of aliphatic hydroxyl groups is 1. The standard InChI is InChI=1S/C16H16Cl2O/c1-10(2)11-3-5-12(6-4-11)16(19)13-7-8-14(17)15(18)9-13/h3-10,16,19H,1-2H3/t16-/m0/s1. The fraction of sp³-hybridized carbons (Fsp3) is 0.250. The largest absolute Gasteiger partial charge is 0.384 e. The third-order valence-corrected chi connectivity index (χ3v) is 3.92. The summed E-state index contributed by atoms with van der Waals surface area (Å²) in [5, 5.41) is 11.3. The van der Waals surface area contributed by atoms with Crippen molar-refractivity contribution >= 4 is 23.2 Å². The van der Waals surface area contributed by atoms with Crippen LogP contribution in [0.5, 0.6) is 0 Å². The molecule has 2 aromatic rings.